The van der Waals surface area contributed by atoms with E-state index in [0.29, 0.717) is 35.6 Å². The van der Waals surface area contributed by atoms with Crippen LogP contribution in [-0.2, 0) is 20.7 Å². The summed E-state index contributed by atoms with van der Waals surface area (Å²) in [7, 11) is 1.58. The molecule has 0 bridgehead atoms. The first-order chi connectivity index (χ1) is 16.5. The molecule has 1 aliphatic heterocycles. The molecule has 8 nitrogen and oxygen atoms in total. The smallest absolute Gasteiger partial charge is 0.306 e. The third-order valence-corrected chi connectivity index (χ3v) is 6.05. The summed E-state index contributed by atoms with van der Waals surface area (Å²) >= 11 is 0. The number of piperidine rings is 1. The zero-order valence-electron chi connectivity index (χ0n) is 19.5. The minimum Gasteiger partial charge on any atom is -0.497 e. The van der Waals surface area contributed by atoms with E-state index in [9.17, 15) is 14.4 Å². The van der Waals surface area contributed by atoms with Crippen LogP contribution in [0.3, 0.4) is 0 Å². The number of para-hydroxylation sites is 2. The fourth-order valence-corrected chi connectivity index (χ4v) is 4.23. The fourth-order valence-electron chi connectivity index (χ4n) is 4.23. The van der Waals surface area contributed by atoms with Crippen LogP contribution in [0.1, 0.15) is 38.3 Å². The summed E-state index contributed by atoms with van der Waals surface area (Å²) in [5, 5.41) is 0. The molecular weight excluding hydrogens is 434 g/mol. The zero-order chi connectivity index (χ0) is 24.1. The lowest BCUT2D eigenvalue weighted by Crippen LogP contribution is -2.42. The Morgan fingerprint density at radius 2 is 1.74 bits per heavy atom. The second kappa shape index (κ2) is 10.5. The van der Waals surface area contributed by atoms with Crippen LogP contribution >= 0.6 is 0 Å². The fraction of sp³-hybridized carbons (Fsp3) is 0.385. The van der Waals surface area contributed by atoms with Gasteiger partial charge in [-0.1, -0.05) is 12.1 Å². The van der Waals surface area contributed by atoms with E-state index < -0.39 is 12.1 Å². The van der Waals surface area contributed by atoms with Crippen LogP contribution in [0.25, 0.3) is 16.7 Å². The Morgan fingerprint density at radius 1 is 1.03 bits per heavy atom. The minimum absolute atomic E-state index is 0.0409. The first-order valence-corrected chi connectivity index (χ1v) is 11.6. The highest BCUT2D eigenvalue weighted by Gasteiger charge is 2.25. The van der Waals surface area contributed by atoms with Gasteiger partial charge in [0.1, 0.15) is 11.4 Å². The molecule has 0 spiro atoms. The topological polar surface area (TPSA) is 90.7 Å². The van der Waals surface area contributed by atoms with Gasteiger partial charge in [0.15, 0.2) is 6.10 Å². The van der Waals surface area contributed by atoms with Crippen molar-refractivity contribution in [3.05, 3.63) is 64.6 Å². The molecule has 1 fully saturated rings. The second-order valence-corrected chi connectivity index (χ2v) is 8.40. The summed E-state index contributed by atoms with van der Waals surface area (Å²) in [6.45, 7) is 3.00. The summed E-state index contributed by atoms with van der Waals surface area (Å²) in [5.74, 6) is -0.00620. The van der Waals surface area contributed by atoms with Gasteiger partial charge in [0.2, 0.25) is 0 Å². The largest absolute Gasteiger partial charge is 0.497 e. The van der Waals surface area contributed by atoms with Gasteiger partial charge in [-0.3, -0.25) is 19.0 Å². The third kappa shape index (κ3) is 5.11. The van der Waals surface area contributed by atoms with Crippen molar-refractivity contribution in [1.82, 2.24) is 14.5 Å². The summed E-state index contributed by atoms with van der Waals surface area (Å²) in [6.07, 6.45) is 2.29. The standard InChI is InChI=1S/C26H29N3O5/c1-18(25(31)28-16-6-3-7-17-28)34-24(30)15-14-22-26(32)29(19-10-12-20(33-2)13-11-19)23-9-5-4-8-21(23)27-22/h4-5,8-13,18H,3,6-7,14-17H2,1-2H3. The van der Waals surface area contributed by atoms with E-state index in [2.05, 4.69) is 4.98 Å². The second-order valence-electron chi connectivity index (χ2n) is 8.40. The first kappa shape index (κ1) is 23.5. The number of hydrogen-bond acceptors (Lipinski definition) is 6. The Labute approximate surface area is 198 Å². The summed E-state index contributed by atoms with van der Waals surface area (Å²) in [5.41, 5.74) is 1.96. The molecule has 1 aliphatic rings. The van der Waals surface area contributed by atoms with Crippen molar-refractivity contribution < 1.29 is 19.1 Å². The number of esters is 1. The molecule has 8 heteroatoms. The number of carbonyl (C=O) groups excluding carboxylic acids is 2. The molecular formula is C26H29N3O5. The number of nitrogens with zero attached hydrogens (tertiary/aromatic N) is 3. The van der Waals surface area contributed by atoms with E-state index in [1.165, 1.54) is 0 Å². The highest BCUT2D eigenvalue weighted by molar-refractivity contribution is 5.83. The van der Waals surface area contributed by atoms with E-state index in [-0.39, 0.29) is 30.0 Å². The van der Waals surface area contributed by atoms with Crippen LogP contribution in [0.5, 0.6) is 5.75 Å². The Bertz CT molecular complexity index is 1230. The van der Waals surface area contributed by atoms with Crippen LogP contribution < -0.4 is 10.3 Å². The van der Waals surface area contributed by atoms with E-state index in [1.54, 1.807) is 47.8 Å². The number of fused-ring (bicyclic) bond motifs is 1. The quantitative estimate of drug-likeness (QED) is 0.500. The van der Waals surface area contributed by atoms with Gasteiger partial charge < -0.3 is 14.4 Å². The average Bonchev–Trinajstić information content (AvgIpc) is 2.87. The van der Waals surface area contributed by atoms with Gasteiger partial charge in [0.05, 0.1) is 24.6 Å². The number of benzene rings is 2. The monoisotopic (exact) mass is 463 g/mol. The lowest BCUT2D eigenvalue weighted by molar-refractivity contribution is -0.159. The molecule has 0 saturated carbocycles. The third-order valence-electron chi connectivity index (χ3n) is 6.05. The number of aromatic nitrogens is 2. The number of hydrogen-bond donors (Lipinski definition) is 0. The highest BCUT2D eigenvalue weighted by atomic mass is 16.5. The van der Waals surface area contributed by atoms with Crippen molar-refractivity contribution in [2.24, 2.45) is 0 Å². The predicted octanol–water partition coefficient (Wildman–Crippen LogP) is 3.27. The van der Waals surface area contributed by atoms with E-state index in [4.69, 9.17) is 9.47 Å². The Kier molecular flexibility index (Phi) is 7.25. The number of amides is 1. The minimum atomic E-state index is -0.842. The molecule has 0 N–H and O–H groups in total. The van der Waals surface area contributed by atoms with Gasteiger partial charge in [0, 0.05) is 25.2 Å². The van der Waals surface area contributed by atoms with Crippen LogP contribution in [0.15, 0.2) is 53.3 Å². The molecule has 178 valence electrons. The van der Waals surface area contributed by atoms with Crippen molar-refractivity contribution in [3.8, 4) is 11.4 Å². The van der Waals surface area contributed by atoms with E-state index in [1.807, 2.05) is 24.3 Å². The number of ether oxygens (including phenoxy) is 2. The normalized spacial score (nSPS) is 14.6. The van der Waals surface area contributed by atoms with Crippen LogP contribution in [0.2, 0.25) is 0 Å². The molecule has 1 atom stereocenters. The Balaban J connectivity index is 1.51. The number of likely N-dealkylation sites (tertiary alicyclic amines) is 1. The van der Waals surface area contributed by atoms with Crippen molar-refractivity contribution >= 4 is 22.9 Å². The molecule has 2 aromatic carbocycles. The first-order valence-electron chi connectivity index (χ1n) is 11.6. The van der Waals surface area contributed by atoms with E-state index in [0.717, 1.165) is 19.3 Å². The van der Waals surface area contributed by atoms with Crippen LogP contribution in [0, 0.1) is 0 Å². The van der Waals surface area contributed by atoms with Crippen LogP contribution in [0.4, 0.5) is 0 Å². The van der Waals surface area contributed by atoms with Gasteiger partial charge >= 0.3 is 5.97 Å². The lowest BCUT2D eigenvalue weighted by Gasteiger charge is -2.28. The number of carbonyl (C=O) groups is 2. The molecule has 1 amide bonds. The SMILES string of the molecule is COc1ccc(-n2c(=O)c(CCC(=O)OC(C)C(=O)N3CCCCC3)nc3ccccc32)cc1. The molecule has 34 heavy (non-hydrogen) atoms. The lowest BCUT2D eigenvalue weighted by atomic mass is 10.1. The van der Waals surface area contributed by atoms with Gasteiger partial charge in [-0.15, -0.1) is 0 Å². The maximum absolute atomic E-state index is 13.3. The van der Waals surface area contributed by atoms with Gasteiger partial charge in [-0.2, -0.15) is 0 Å². The molecule has 1 unspecified atom stereocenters. The van der Waals surface area contributed by atoms with Gasteiger partial charge in [0.25, 0.3) is 11.5 Å². The van der Waals surface area contributed by atoms with Crippen molar-refractivity contribution in [1.29, 1.82) is 0 Å². The number of aryl methyl sites for hydroxylation is 1. The molecule has 2 heterocycles. The van der Waals surface area contributed by atoms with Gasteiger partial charge in [-0.05, 0) is 62.6 Å². The van der Waals surface area contributed by atoms with Crippen LogP contribution in [-0.4, -0.2) is 52.6 Å². The molecule has 1 aromatic heterocycles. The summed E-state index contributed by atoms with van der Waals surface area (Å²) in [6, 6.07) is 14.5. The number of rotatable bonds is 7. The molecule has 0 aliphatic carbocycles. The maximum Gasteiger partial charge on any atom is 0.306 e. The molecule has 1 saturated heterocycles. The van der Waals surface area contributed by atoms with E-state index >= 15 is 0 Å². The van der Waals surface area contributed by atoms with Gasteiger partial charge in [-0.25, -0.2) is 4.98 Å². The Hall–Kier alpha value is -3.68. The summed E-state index contributed by atoms with van der Waals surface area (Å²) < 4.78 is 12.2. The summed E-state index contributed by atoms with van der Waals surface area (Å²) in [4.78, 5) is 44.6. The Morgan fingerprint density at radius 3 is 2.44 bits per heavy atom. The van der Waals surface area contributed by atoms with Crippen molar-refractivity contribution in [3.63, 3.8) is 0 Å². The molecule has 0 radical (unpaired) electrons. The van der Waals surface area contributed by atoms with Crippen molar-refractivity contribution in [2.75, 3.05) is 20.2 Å². The maximum atomic E-state index is 13.3. The molecule has 3 aromatic rings. The molecule has 4 rings (SSSR count). The van der Waals surface area contributed by atoms with Crippen molar-refractivity contribution in [2.45, 2.75) is 45.1 Å². The number of methoxy groups -OCH3 is 1. The highest BCUT2D eigenvalue weighted by Crippen LogP contribution is 2.19. The zero-order valence-corrected chi connectivity index (χ0v) is 19.5. The predicted molar refractivity (Wildman–Crippen MR) is 128 cm³/mol. The average molecular weight is 464 g/mol.